The van der Waals surface area contributed by atoms with Crippen molar-refractivity contribution in [3.8, 4) is 5.75 Å². The number of morpholine rings is 1. The van der Waals surface area contributed by atoms with Gasteiger partial charge in [0.2, 0.25) is 5.95 Å². The third-order valence-corrected chi connectivity index (χ3v) is 7.97. The van der Waals surface area contributed by atoms with Gasteiger partial charge in [-0.3, -0.25) is 4.90 Å². The average molecular weight is 517 g/mol. The van der Waals surface area contributed by atoms with Crippen LogP contribution in [0.25, 0.3) is 10.9 Å². The fourth-order valence-corrected chi connectivity index (χ4v) is 5.32. The van der Waals surface area contributed by atoms with Gasteiger partial charge in [0.1, 0.15) is 5.82 Å². The highest BCUT2D eigenvalue weighted by molar-refractivity contribution is 7.87. The summed E-state index contributed by atoms with van der Waals surface area (Å²) < 4.78 is 39.5. The van der Waals surface area contributed by atoms with Gasteiger partial charge in [0.15, 0.2) is 5.75 Å². The van der Waals surface area contributed by atoms with Gasteiger partial charge in [0, 0.05) is 55.9 Å². The second-order valence-electron chi connectivity index (χ2n) is 9.82. The summed E-state index contributed by atoms with van der Waals surface area (Å²) in [6.45, 7) is 12.4. The molecule has 0 saturated carbocycles. The van der Waals surface area contributed by atoms with Crippen LogP contribution in [0.5, 0.6) is 5.75 Å². The van der Waals surface area contributed by atoms with Gasteiger partial charge in [-0.2, -0.15) is 13.4 Å². The van der Waals surface area contributed by atoms with Crippen molar-refractivity contribution in [1.29, 1.82) is 0 Å². The molecule has 2 unspecified atom stereocenters. The molecule has 1 saturated heterocycles. The van der Waals surface area contributed by atoms with Crippen LogP contribution in [-0.2, 0) is 34.4 Å². The van der Waals surface area contributed by atoms with Gasteiger partial charge in [-0.1, -0.05) is 0 Å². The molecule has 4 rings (SSSR count). The highest BCUT2D eigenvalue weighted by Crippen LogP contribution is 2.36. The molecule has 0 bridgehead atoms. The number of nitrogens with two attached hydrogens (primary N) is 2. The monoisotopic (exact) mass is 516 g/mol. The van der Waals surface area contributed by atoms with Gasteiger partial charge in [-0.15, -0.1) is 0 Å². The van der Waals surface area contributed by atoms with Crippen LogP contribution in [0.2, 0.25) is 0 Å². The zero-order valence-corrected chi connectivity index (χ0v) is 22.4. The maximum Gasteiger partial charge on any atom is 0.311 e. The standard InChI is InChI=1S/C25H36N6O4S/c1-6-31-14-20(13-30-11-16(4)34-17(5)12-30)23-21(31)8-18(7-19-10-28-25(27)29-24(19)26)9-22(23)35-36(32,33)15(2)3/h8-10,14-17H,6-7,11-13H2,1-5H3,(H4,26,27,28,29). The summed E-state index contributed by atoms with van der Waals surface area (Å²) >= 11 is 0. The van der Waals surface area contributed by atoms with Crippen LogP contribution in [0, 0.1) is 0 Å². The molecule has 2 aromatic heterocycles. The van der Waals surface area contributed by atoms with E-state index in [4.69, 9.17) is 20.4 Å². The molecule has 196 valence electrons. The number of anilines is 2. The molecule has 0 aliphatic carbocycles. The molecule has 4 N–H and O–H groups in total. The predicted molar refractivity (Wildman–Crippen MR) is 141 cm³/mol. The van der Waals surface area contributed by atoms with Gasteiger partial charge < -0.3 is 25.0 Å². The van der Waals surface area contributed by atoms with E-state index in [0.717, 1.165) is 41.7 Å². The maximum absolute atomic E-state index is 12.9. The van der Waals surface area contributed by atoms with Gasteiger partial charge in [-0.25, -0.2) is 4.98 Å². The van der Waals surface area contributed by atoms with E-state index in [-0.39, 0.29) is 18.2 Å². The number of fused-ring (bicyclic) bond motifs is 1. The Morgan fingerprint density at radius 1 is 1.17 bits per heavy atom. The zero-order chi connectivity index (χ0) is 26.2. The Hall–Kier alpha value is -2.89. The van der Waals surface area contributed by atoms with Crippen molar-refractivity contribution >= 4 is 32.8 Å². The number of hydrogen-bond donors (Lipinski definition) is 2. The van der Waals surface area contributed by atoms with Crippen molar-refractivity contribution in [3.05, 3.63) is 41.2 Å². The minimum atomic E-state index is -3.82. The fraction of sp³-hybridized carbons (Fsp3) is 0.520. The first-order valence-corrected chi connectivity index (χ1v) is 13.8. The molecule has 11 heteroatoms. The second-order valence-corrected chi connectivity index (χ2v) is 11.9. The molecule has 10 nitrogen and oxygen atoms in total. The third-order valence-electron chi connectivity index (χ3n) is 6.41. The summed E-state index contributed by atoms with van der Waals surface area (Å²) in [5, 5.41) is 0.119. The van der Waals surface area contributed by atoms with Crippen LogP contribution in [-0.4, -0.2) is 58.4 Å². The molecule has 0 radical (unpaired) electrons. The highest BCUT2D eigenvalue weighted by atomic mass is 32.2. The van der Waals surface area contributed by atoms with Crippen molar-refractivity contribution in [2.75, 3.05) is 24.6 Å². The lowest BCUT2D eigenvalue weighted by atomic mass is 10.0. The number of rotatable bonds is 8. The number of benzene rings is 1. The van der Waals surface area contributed by atoms with E-state index in [1.165, 1.54) is 0 Å². The van der Waals surface area contributed by atoms with Gasteiger partial charge in [0.05, 0.1) is 23.0 Å². The lowest BCUT2D eigenvalue weighted by Gasteiger charge is -2.35. The summed E-state index contributed by atoms with van der Waals surface area (Å²) in [6.07, 6.45) is 4.35. The molecule has 3 aromatic rings. The Balaban J connectivity index is 1.82. The lowest BCUT2D eigenvalue weighted by molar-refractivity contribution is -0.0704. The first-order chi connectivity index (χ1) is 17.0. The molecule has 1 aromatic carbocycles. The largest absolute Gasteiger partial charge is 0.383 e. The number of aromatic nitrogens is 3. The number of hydrogen-bond acceptors (Lipinski definition) is 9. The molecule has 1 aliphatic rings. The molecule has 3 heterocycles. The van der Waals surface area contributed by atoms with Crippen LogP contribution in [0.3, 0.4) is 0 Å². The van der Waals surface area contributed by atoms with E-state index in [9.17, 15) is 8.42 Å². The Morgan fingerprint density at radius 3 is 2.47 bits per heavy atom. The SMILES string of the molecule is CCn1cc(CN2CC(C)OC(C)C2)c2c(OS(=O)(=O)C(C)C)cc(Cc3cnc(N)nc3N)cc21. The van der Waals surface area contributed by atoms with Gasteiger partial charge in [-0.05, 0) is 57.9 Å². The molecule has 0 amide bonds. The topological polar surface area (TPSA) is 139 Å². The van der Waals surface area contributed by atoms with Crippen molar-refractivity contribution in [3.63, 3.8) is 0 Å². The first kappa shape index (κ1) is 26.2. The smallest absolute Gasteiger partial charge is 0.311 e. The summed E-state index contributed by atoms with van der Waals surface area (Å²) in [5.74, 6) is 0.722. The summed E-state index contributed by atoms with van der Waals surface area (Å²) in [6, 6.07) is 3.84. The van der Waals surface area contributed by atoms with Crippen molar-refractivity contribution in [2.45, 2.75) is 71.6 Å². The number of nitrogen functional groups attached to an aromatic ring is 2. The molecule has 36 heavy (non-hydrogen) atoms. The molecule has 1 fully saturated rings. The van der Waals surface area contributed by atoms with E-state index < -0.39 is 15.4 Å². The van der Waals surface area contributed by atoms with Crippen molar-refractivity contribution in [2.24, 2.45) is 0 Å². The normalized spacial score (nSPS) is 19.3. The average Bonchev–Trinajstić information content (AvgIpc) is 3.12. The van der Waals surface area contributed by atoms with Crippen LogP contribution >= 0.6 is 0 Å². The highest BCUT2D eigenvalue weighted by Gasteiger charge is 2.26. The number of nitrogens with zero attached hydrogens (tertiary/aromatic N) is 4. The summed E-state index contributed by atoms with van der Waals surface area (Å²) in [7, 11) is -3.82. The maximum atomic E-state index is 12.9. The van der Waals surface area contributed by atoms with Crippen LogP contribution in [0.4, 0.5) is 11.8 Å². The zero-order valence-electron chi connectivity index (χ0n) is 21.6. The number of aryl methyl sites for hydroxylation is 1. The Labute approximate surface area is 212 Å². The second kappa shape index (κ2) is 10.2. The number of ether oxygens (including phenoxy) is 1. The van der Waals surface area contributed by atoms with Gasteiger partial charge >= 0.3 is 10.1 Å². The Morgan fingerprint density at radius 2 is 1.86 bits per heavy atom. The first-order valence-electron chi connectivity index (χ1n) is 12.3. The van der Waals surface area contributed by atoms with E-state index in [2.05, 4.69) is 52.5 Å². The molecular weight excluding hydrogens is 480 g/mol. The van der Waals surface area contributed by atoms with Crippen LogP contribution < -0.4 is 15.7 Å². The fourth-order valence-electron chi connectivity index (χ4n) is 4.74. The van der Waals surface area contributed by atoms with Crippen LogP contribution in [0.15, 0.2) is 24.5 Å². The minimum absolute atomic E-state index is 0.106. The molecule has 0 spiro atoms. The van der Waals surface area contributed by atoms with E-state index in [1.54, 1.807) is 26.1 Å². The summed E-state index contributed by atoms with van der Waals surface area (Å²) in [5.41, 5.74) is 15.2. The third kappa shape index (κ3) is 5.58. The Kier molecular flexibility index (Phi) is 7.44. The quantitative estimate of drug-likeness (QED) is 0.433. The van der Waals surface area contributed by atoms with E-state index >= 15 is 0 Å². The van der Waals surface area contributed by atoms with Gasteiger partial charge in [0.25, 0.3) is 0 Å². The lowest BCUT2D eigenvalue weighted by Crippen LogP contribution is -2.44. The predicted octanol–water partition coefficient (Wildman–Crippen LogP) is 2.93. The molecule has 1 aliphatic heterocycles. The van der Waals surface area contributed by atoms with Crippen molar-refractivity contribution < 1.29 is 17.3 Å². The Bertz CT molecular complexity index is 1340. The van der Waals surface area contributed by atoms with E-state index in [0.29, 0.717) is 30.1 Å². The minimum Gasteiger partial charge on any atom is -0.383 e. The molecular formula is C25H36N6O4S. The molecule has 2 atom stereocenters. The van der Waals surface area contributed by atoms with Crippen molar-refractivity contribution in [1.82, 2.24) is 19.4 Å². The summed E-state index contributed by atoms with van der Waals surface area (Å²) in [4.78, 5) is 10.4. The van der Waals surface area contributed by atoms with E-state index in [1.807, 2.05) is 0 Å². The van der Waals surface area contributed by atoms with Crippen LogP contribution in [0.1, 0.15) is 51.3 Å².